The van der Waals surface area contributed by atoms with Crippen LogP contribution < -0.4 is 4.74 Å². The molecule has 2 saturated carbocycles. The van der Waals surface area contributed by atoms with Crippen molar-refractivity contribution >= 4 is 5.78 Å². The second-order valence-electron chi connectivity index (χ2n) is 12.7. The number of hydrogen-bond acceptors (Lipinski definition) is 4. The molecule has 4 bridgehead atoms. The van der Waals surface area contributed by atoms with E-state index in [1.54, 1.807) is 0 Å². The number of methoxy groups -OCH3 is 1. The molecule has 2 aromatic rings. The molecular weight excluding hydrogens is 458 g/mol. The summed E-state index contributed by atoms with van der Waals surface area (Å²) in [6.07, 6.45) is 10.5. The van der Waals surface area contributed by atoms with Crippen molar-refractivity contribution in [1.82, 2.24) is 4.90 Å². The van der Waals surface area contributed by atoms with Crippen molar-refractivity contribution in [2.75, 3.05) is 20.2 Å². The van der Waals surface area contributed by atoms with Crippen LogP contribution in [0, 0.1) is 18.3 Å². The summed E-state index contributed by atoms with van der Waals surface area (Å²) in [5.41, 5.74) is 5.46. The van der Waals surface area contributed by atoms with Gasteiger partial charge < -0.3 is 9.47 Å². The number of ether oxygens (including phenoxy) is 2. The molecular formula is C33H37NO3. The van der Waals surface area contributed by atoms with E-state index in [1.165, 1.54) is 41.6 Å². The van der Waals surface area contributed by atoms with Crippen LogP contribution in [0.1, 0.15) is 60.8 Å². The first-order valence-electron chi connectivity index (χ1n) is 14.4. The molecule has 0 amide bonds. The number of carbonyl (C=O) groups excluding carboxylic acids is 1. The van der Waals surface area contributed by atoms with Crippen LogP contribution in [-0.2, 0) is 27.8 Å². The SMILES string of the molecule is CO[C@]12CC[C@@]3(C=C1C(=O)CCc1ccccc1)[C@H]1Cc4ccc(C)c5c4[C@@]3(CCN1CC1CC1)[C@H]2O5. The number of rotatable bonds is 7. The van der Waals surface area contributed by atoms with E-state index in [1.807, 2.05) is 13.2 Å². The van der Waals surface area contributed by atoms with E-state index in [0.717, 1.165) is 55.9 Å². The van der Waals surface area contributed by atoms with Crippen LogP contribution in [0.2, 0.25) is 0 Å². The first kappa shape index (κ1) is 22.5. The Morgan fingerprint density at radius 3 is 2.73 bits per heavy atom. The minimum absolute atomic E-state index is 0.0606. The number of benzene rings is 2. The fraction of sp³-hybridized carbons (Fsp3) is 0.545. The van der Waals surface area contributed by atoms with Gasteiger partial charge in [0.1, 0.15) is 17.5 Å². The molecule has 3 fully saturated rings. The van der Waals surface area contributed by atoms with Gasteiger partial charge >= 0.3 is 0 Å². The standard InChI is InChI=1S/C33H37NO3/c1-21-8-12-24-18-27-31-14-15-33(36-2,25(19-31)26(35)13-11-22-6-4-3-5-7-22)30-32(31,28(24)29(21)37-30)16-17-34(27)20-23-9-10-23/h3-8,12,19,23,27,30H,9-11,13-18,20H2,1-2H3/t27-,30-,31-,32+,33-/m1/s1. The summed E-state index contributed by atoms with van der Waals surface area (Å²) < 4.78 is 13.6. The number of ketones is 1. The number of fused-ring (bicyclic) bond motifs is 1. The van der Waals surface area contributed by atoms with Crippen molar-refractivity contribution in [1.29, 1.82) is 0 Å². The van der Waals surface area contributed by atoms with Crippen LogP contribution in [0.4, 0.5) is 0 Å². The van der Waals surface area contributed by atoms with Crippen LogP contribution in [0.15, 0.2) is 54.1 Å². The topological polar surface area (TPSA) is 38.8 Å². The van der Waals surface area contributed by atoms with E-state index in [0.29, 0.717) is 12.5 Å². The lowest BCUT2D eigenvalue weighted by Gasteiger charge is -2.70. The van der Waals surface area contributed by atoms with Gasteiger partial charge in [0, 0.05) is 42.7 Å². The summed E-state index contributed by atoms with van der Waals surface area (Å²) in [5.74, 6) is 2.20. The van der Waals surface area contributed by atoms with Gasteiger partial charge in [-0.3, -0.25) is 9.69 Å². The lowest BCUT2D eigenvalue weighted by Crippen LogP contribution is -2.78. The Labute approximate surface area is 220 Å². The van der Waals surface area contributed by atoms with E-state index in [-0.39, 0.29) is 22.7 Å². The van der Waals surface area contributed by atoms with E-state index in [9.17, 15) is 4.79 Å². The molecule has 4 heteroatoms. The van der Waals surface area contributed by atoms with Crippen LogP contribution in [-0.4, -0.2) is 48.6 Å². The fourth-order valence-corrected chi connectivity index (χ4v) is 9.35. The third-order valence-corrected chi connectivity index (χ3v) is 11.2. The molecule has 0 N–H and O–H groups in total. The summed E-state index contributed by atoms with van der Waals surface area (Å²) in [5, 5.41) is 0. The third kappa shape index (κ3) is 2.74. The van der Waals surface area contributed by atoms with E-state index in [2.05, 4.69) is 54.3 Å². The van der Waals surface area contributed by atoms with Gasteiger partial charge in [-0.05, 0) is 81.0 Å². The molecule has 4 nitrogen and oxygen atoms in total. The molecule has 37 heavy (non-hydrogen) atoms. The second-order valence-corrected chi connectivity index (χ2v) is 12.7. The van der Waals surface area contributed by atoms with Gasteiger partial charge in [-0.25, -0.2) is 0 Å². The number of Topliss-reactive ketones (excluding diaryl/α,β-unsaturated/α-hetero) is 1. The zero-order valence-corrected chi connectivity index (χ0v) is 22.1. The van der Waals surface area contributed by atoms with Crippen molar-refractivity contribution in [3.05, 3.63) is 76.4 Å². The molecule has 0 radical (unpaired) electrons. The molecule has 5 aliphatic carbocycles. The van der Waals surface area contributed by atoms with E-state index in [4.69, 9.17) is 9.47 Å². The molecule has 2 aromatic carbocycles. The second kappa shape index (κ2) is 7.57. The average molecular weight is 496 g/mol. The molecule has 9 rings (SSSR count). The maximum atomic E-state index is 14.1. The maximum Gasteiger partial charge on any atom is 0.161 e. The van der Waals surface area contributed by atoms with Crippen molar-refractivity contribution < 1.29 is 14.3 Å². The Kier molecular flexibility index (Phi) is 4.61. The van der Waals surface area contributed by atoms with Crippen molar-refractivity contribution in [3.63, 3.8) is 0 Å². The predicted molar refractivity (Wildman–Crippen MR) is 143 cm³/mol. The average Bonchev–Trinajstić information content (AvgIpc) is 3.67. The van der Waals surface area contributed by atoms with Crippen molar-refractivity contribution in [3.8, 4) is 5.75 Å². The number of carbonyl (C=O) groups is 1. The Morgan fingerprint density at radius 1 is 1.11 bits per heavy atom. The van der Waals surface area contributed by atoms with Gasteiger partial charge in [0.15, 0.2) is 5.78 Å². The Morgan fingerprint density at radius 2 is 1.95 bits per heavy atom. The quantitative estimate of drug-likeness (QED) is 0.520. The summed E-state index contributed by atoms with van der Waals surface area (Å²) in [6, 6.07) is 15.5. The van der Waals surface area contributed by atoms with Gasteiger partial charge in [0.2, 0.25) is 0 Å². The van der Waals surface area contributed by atoms with Gasteiger partial charge in [0.05, 0.1) is 5.41 Å². The highest BCUT2D eigenvalue weighted by Crippen LogP contribution is 2.74. The van der Waals surface area contributed by atoms with Crippen LogP contribution in [0.5, 0.6) is 5.75 Å². The summed E-state index contributed by atoms with van der Waals surface area (Å²) >= 11 is 0. The number of hydrogen-bond donors (Lipinski definition) is 0. The van der Waals surface area contributed by atoms with Gasteiger partial charge in [-0.1, -0.05) is 48.5 Å². The molecule has 2 heterocycles. The number of nitrogens with zero attached hydrogens (tertiary/aromatic N) is 1. The molecule has 192 valence electrons. The zero-order chi connectivity index (χ0) is 25.0. The lowest BCUT2D eigenvalue weighted by molar-refractivity contribution is -0.196. The molecule has 2 spiro atoms. The summed E-state index contributed by atoms with van der Waals surface area (Å²) in [7, 11) is 1.82. The number of likely N-dealkylation sites (tertiary alicyclic amines) is 1. The van der Waals surface area contributed by atoms with Crippen molar-refractivity contribution in [2.45, 2.75) is 81.5 Å². The Hall–Kier alpha value is -2.43. The monoisotopic (exact) mass is 495 g/mol. The number of piperidine rings is 1. The number of aryl methyl sites for hydroxylation is 2. The first-order chi connectivity index (χ1) is 18.0. The lowest BCUT2D eigenvalue weighted by atomic mass is 9.37. The molecule has 0 aromatic heterocycles. The summed E-state index contributed by atoms with van der Waals surface area (Å²) in [6.45, 7) is 4.52. The highest BCUT2D eigenvalue weighted by Gasteiger charge is 2.78. The van der Waals surface area contributed by atoms with E-state index >= 15 is 0 Å². The smallest absolute Gasteiger partial charge is 0.161 e. The highest BCUT2D eigenvalue weighted by atomic mass is 16.6. The molecule has 2 aliphatic heterocycles. The van der Waals surface area contributed by atoms with Gasteiger partial charge in [0.25, 0.3) is 0 Å². The first-order valence-corrected chi connectivity index (χ1v) is 14.4. The molecule has 5 atom stereocenters. The maximum absolute atomic E-state index is 14.1. The largest absolute Gasteiger partial charge is 0.485 e. The highest BCUT2D eigenvalue weighted by molar-refractivity contribution is 5.99. The van der Waals surface area contributed by atoms with Gasteiger partial charge in [-0.15, -0.1) is 0 Å². The third-order valence-electron chi connectivity index (χ3n) is 11.2. The Balaban J connectivity index is 1.28. The normalized spacial score (nSPS) is 36.6. The predicted octanol–water partition coefficient (Wildman–Crippen LogP) is 5.34. The summed E-state index contributed by atoms with van der Waals surface area (Å²) in [4.78, 5) is 16.9. The fourth-order valence-electron chi connectivity index (χ4n) is 9.35. The molecule has 0 unspecified atom stereocenters. The minimum Gasteiger partial charge on any atom is -0.485 e. The molecule has 1 saturated heterocycles. The van der Waals surface area contributed by atoms with Crippen LogP contribution in [0.25, 0.3) is 0 Å². The molecule has 7 aliphatic rings. The van der Waals surface area contributed by atoms with E-state index < -0.39 is 5.60 Å². The zero-order valence-electron chi connectivity index (χ0n) is 22.1. The Bertz CT molecular complexity index is 1330. The minimum atomic E-state index is -0.668. The van der Waals surface area contributed by atoms with Crippen LogP contribution in [0.3, 0.4) is 0 Å². The van der Waals surface area contributed by atoms with Gasteiger partial charge in [-0.2, -0.15) is 0 Å². The van der Waals surface area contributed by atoms with Crippen LogP contribution >= 0.6 is 0 Å². The van der Waals surface area contributed by atoms with Crippen molar-refractivity contribution in [2.24, 2.45) is 11.3 Å².